The predicted octanol–water partition coefficient (Wildman–Crippen LogP) is -0.0317. The number of aromatic amines is 1. The van der Waals surface area contributed by atoms with Crippen molar-refractivity contribution in [1.29, 1.82) is 0 Å². The van der Waals surface area contributed by atoms with Crippen LogP contribution in [-0.2, 0) is 0 Å². The molecule has 0 spiro atoms. The van der Waals surface area contributed by atoms with Gasteiger partial charge in [-0.2, -0.15) is 0 Å². The highest BCUT2D eigenvalue weighted by atomic mass is 16.3. The lowest BCUT2D eigenvalue weighted by molar-refractivity contribution is 0.440. The molecular formula is C8H4N4O3. The Morgan fingerprint density at radius 1 is 1.13 bits per heavy atom. The van der Waals surface area contributed by atoms with E-state index in [4.69, 9.17) is 0 Å². The van der Waals surface area contributed by atoms with E-state index in [0.717, 1.165) is 0 Å². The summed E-state index contributed by atoms with van der Waals surface area (Å²) in [6, 6.07) is 0. The van der Waals surface area contributed by atoms with Gasteiger partial charge in [0.2, 0.25) is 0 Å². The van der Waals surface area contributed by atoms with Crippen molar-refractivity contribution in [3.8, 4) is 0 Å². The standard InChI is InChI=1S/C8H4N4O3/c13-5-2-3(6(5)14)12-7-4(11-2)8(15)10-1-9-7/h1,13-14H,(H,9,10,12,15). The number of fused-ring (bicyclic) bond motifs is 2. The molecule has 0 radical (unpaired) electrons. The van der Waals surface area contributed by atoms with Gasteiger partial charge >= 0.3 is 0 Å². The highest BCUT2D eigenvalue weighted by Gasteiger charge is 2.30. The number of nitrogens with zero attached hydrogens (tertiary/aromatic N) is 3. The summed E-state index contributed by atoms with van der Waals surface area (Å²) in [5, 5.41) is 18.4. The van der Waals surface area contributed by atoms with Crippen LogP contribution in [0.5, 0.6) is 0 Å². The number of aliphatic hydroxyl groups is 2. The Labute approximate surface area is 81.8 Å². The first-order valence-corrected chi connectivity index (χ1v) is 4.07. The Hall–Kier alpha value is -2.44. The molecule has 3 N–H and O–H groups in total. The topological polar surface area (TPSA) is 112 Å². The molecule has 2 heterocycles. The fourth-order valence-corrected chi connectivity index (χ4v) is 1.38. The number of nitrogens with one attached hydrogen (secondary N) is 1. The molecule has 0 atom stereocenters. The maximum atomic E-state index is 11.3. The monoisotopic (exact) mass is 204 g/mol. The van der Waals surface area contributed by atoms with Crippen molar-refractivity contribution >= 4 is 22.7 Å². The lowest BCUT2D eigenvalue weighted by Gasteiger charge is -2.15. The number of rotatable bonds is 0. The van der Waals surface area contributed by atoms with Gasteiger partial charge in [-0.1, -0.05) is 0 Å². The molecular weight excluding hydrogens is 200 g/mol. The van der Waals surface area contributed by atoms with E-state index in [-0.39, 0.29) is 34.1 Å². The molecule has 15 heavy (non-hydrogen) atoms. The third-order valence-corrected chi connectivity index (χ3v) is 2.15. The van der Waals surface area contributed by atoms with Crippen molar-refractivity contribution in [1.82, 2.24) is 19.9 Å². The molecule has 2 aromatic heterocycles. The van der Waals surface area contributed by atoms with E-state index in [9.17, 15) is 15.0 Å². The van der Waals surface area contributed by atoms with Crippen LogP contribution in [0.2, 0.25) is 0 Å². The van der Waals surface area contributed by atoms with E-state index in [0.29, 0.717) is 0 Å². The van der Waals surface area contributed by atoms with Crippen molar-refractivity contribution in [3.05, 3.63) is 28.1 Å². The number of hydrogen-bond acceptors (Lipinski definition) is 6. The van der Waals surface area contributed by atoms with E-state index in [1.54, 1.807) is 0 Å². The average molecular weight is 204 g/mol. The smallest absolute Gasteiger partial charge is 0.278 e. The fraction of sp³-hybridized carbons (Fsp3) is 0. The van der Waals surface area contributed by atoms with Crippen molar-refractivity contribution in [2.75, 3.05) is 0 Å². The molecule has 0 unspecified atom stereocenters. The summed E-state index contributed by atoms with van der Waals surface area (Å²) in [7, 11) is 0. The van der Waals surface area contributed by atoms with E-state index in [1.165, 1.54) is 6.33 Å². The van der Waals surface area contributed by atoms with Crippen LogP contribution in [0.25, 0.3) is 22.7 Å². The van der Waals surface area contributed by atoms with Gasteiger partial charge in [0.15, 0.2) is 22.7 Å². The molecule has 0 amide bonds. The zero-order valence-corrected chi connectivity index (χ0v) is 7.22. The van der Waals surface area contributed by atoms with Crippen LogP contribution in [0.4, 0.5) is 0 Å². The van der Waals surface area contributed by atoms with Crippen molar-refractivity contribution in [2.45, 2.75) is 0 Å². The van der Waals surface area contributed by atoms with E-state index in [1.807, 2.05) is 0 Å². The molecule has 7 nitrogen and oxygen atoms in total. The van der Waals surface area contributed by atoms with E-state index in [2.05, 4.69) is 19.9 Å². The second kappa shape index (κ2) is 2.32. The zero-order valence-electron chi connectivity index (χ0n) is 7.22. The van der Waals surface area contributed by atoms with Crippen LogP contribution in [0, 0.1) is 0 Å². The van der Waals surface area contributed by atoms with E-state index < -0.39 is 5.56 Å². The van der Waals surface area contributed by atoms with Gasteiger partial charge in [0.25, 0.3) is 5.56 Å². The molecule has 0 aliphatic heterocycles. The second-order valence-corrected chi connectivity index (χ2v) is 3.02. The van der Waals surface area contributed by atoms with Gasteiger partial charge < -0.3 is 15.2 Å². The first kappa shape index (κ1) is 7.92. The lowest BCUT2D eigenvalue weighted by atomic mass is 10.1. The van der Waals surface area contributed by atoms with Gasteiger partial charge in [-0.05, 0) is 0 Å². The Morgan fingerprint density at radius 3 is 2.53 bits per heavy atom. The van der Waals surface area contributed by atoms with Gasteiger partial charge in [-0.25, -0.2) is 15.0 Å². The summed E-state index contributed by atoms with van der Waals surface area (Å²) >= 11 is 0. The molecule has 0 aromatic carbocycles. The third-order valence-electron chi connectivity index (χ3n) is 2.15. The van der Waals surface area contributed by atoms with Crippen molar-refractivity contribution in [3.63, 3.8) is 0 Å². The Morgan fingerprint density at radius 2 is 1.80 bits per heavy atom. The molecule has 0 saturated carbocycles. The van der Waals surface area contributed by atoms with Gasteiger partial charge in [-0.15, -0.1) is 0 Å². The predicted molar refractivity (Wildman–Crippen MR) is 50.0 cm³/mol. The number of hydrogen-bond donors (Lipinski definition) is 3. The molecule has 3 rings (SSSR count). The van der Waals surface area contributed by atoms with Gasteiger partial charge in [0.05, 0.1) is 6.33 Å². The quantitative estimate of drug-likeness (QED) is 0.555. The zero-order chi connectivity index (χ0) is 10.6. The summed E-state index contributed by atoms with van der Waals surface area (Å²) in [6.07, 6.45) is 1.20. The minimum Gasteiger partial charge on any atom is -0.503 e. The van der Waals surface area contributed by atoms with Gasteiger partial charge in [0, 0.05) is 0 Å². The summed E-state index contributed by atoms with van der Waals surface area (Å²) in [4.78, 5) is 25.2. The molecule has 2 aromatic rings. The Kier molecular flexibility index (Phi) is 1.23. The Bertz CT molecular complexity index is 673. The van der Waals surface area contributed by atoms with Crippen LogP contribution < -0.4 is 5.56 Å². The molecule has 1 aliphatic carbocycles. The van der Waals surface area contributed by atoms with Crippen molar-refractivity contribution < 1.29 is 10.2 Å². The summed E-state index contributed by atoms with van der Waals surface area (Å²) in [5.74, 6) is -0.663. The van der Waals surface area contributed by atoms with Gasteiger partial charge in [-0.3, -0.25) is 4.79 Å². The summed E-state index contributed by atoms with van der Waals surface area (Å²) in [6.45, 7) is 0. The molecule has 0 bridgehead atoms. The molecule has 0 fully saturated rings. The molecule has 1 aliphatic rings. The lowest BCUT2D eigenvalue weighted by Crippen LogP contribution is -2.17. The van der Waals surface area contributed by atoms with Crippen molar-refractivity contribution in [2.24, 2.45) is 0 Å². The fourth-order valence-electron chi connectivity index (χ4n) is 1.38. The third kappa shape index (κ3) is 0.836. The van der Waals surface area contributed by atoms with Crippen LogP contribution in [0.1, 0.15) is 11.4 Å². The Balaban J connectivity index is 2.44. The average Bonchev–Trinajstić information content (AvgIpc) is 2.27. The number of aromatic nitrogens is 4. The molecule has 74 valence electrons. The minimum absolute atomic E-state index is 0.0373. The normalized spacial score (nSPS) is 13.9. The second-order valence-electron chi connectivity index (χ2n) is 3.02. The number of H-pyrrole nitrogens is 1. The maximum Gasteiger partial charge on any atom is 0.278 e. The van der Waals surface area contributed by atoms with E-state index >= 15 is 0 Å². The van der Waals surface area contributed by atoms with Crippen LogP contribution in [-0.4, -0.2) is 30.1 Å². The first-order chi connectivity index (χ1) is 7.18. The van der Waals surface area contributed by atoms with Crippen LogP contribution in [0.3, 0.4) is 0 Å². The van der Waals surface area contributed by atoms with Crippen LogP contribution in [0.15, 0.2) is 11.1 Å². The summed E-state index contributed by atoms with van der Waals surface area (Å²) < 4.78 is 0. The minimum atomic E-state index is -0.436. The maximum absolute atomic E-state index is 11.3. The van der Waals surface area contributed by atoms with Gasteiger partial charge in [0.1, 0.15) is 11.4 Å². The summed E-state index contributed by atoms with van der Waals surface area (Å²) in [5.41, 5.74) is 0.0259. The molecule has 7 heteroatoms. The number of aliphatic hydroxyl groups excluding tert-OH is 2. The SMILES string of the molecule is O=c1[nH]cnc2nc3c(nc12)C(O)=C3O. The van der Waals surface area contributed by atoms with Crippen LogP contribution >= 0.6 is 0 Å². The highest BCUT2D eigenvalue weighted by molar-refractivity contribution is 5.95. The highest BCUT2D eigenvalue weighted by Crippen LogP contribution is 2.33. The molecule has 0 saturated heterocycles. The first-order valence-electron chi connectivity index (χ1n) is 4.07. The largest absolute Gasteiger partial charge is 0.503 e.